The lowest BCUT2D eigenvalue weighted by Crippen LogP contribution is -2.48. The SMILES string of the molecule is CCN1CCN(C(=O)c2ccc(CSc3nnc(-c4ccc([N+](=O)[O-])cc4)n3-c3ccc(F)cc3)cc2)CC1. The Kier molecular flexibility index (Phi) is 7.99. The number of carbonyl (C=O) groups excluding carboxylic acids is 1. The van der Waals surface area contributed by atoms with Crippen LogP contribution in [0, 0.1) is 15.9 Å². The highest BCUT2D eigenvalue weighted by Crippen LogP contribution is 2.31. The van der Waals surface area contributed by atoms with Crippen molar-refractivity contribution in [3.8, 4) is 17.1 Å². The van der Waals surface area contributed by atoms with Gasteiger partial charge in [-0.1, -0.05) is 30.8 Å². The molecule has 1 aromatic heterocycles. The maximum Gasteiger partial charge on any atom is 0.269 e. The summed E-state index contributed by atoms with van der Waals surface area (Å²) in [5.41, 5.74) is 2.97. The van der Waals surface area contributed by atoms with E-state index >= 15 is 0 Å². The molecule has 0 unspecified atom stereocenters. The Hall–Kier alpha value is -4.09. The quantitative estimate of drug-likeness (QED) is 0.173. The molecule has 0 aliphatic carbocycles. The summed E-state index contributed by atoms with van der Waals surface area (Å²) in [6, 6.07) is 19.7. The molecule has 5 rings (SSSR count). The van der Waals surface area contributed by atoms with Crippen molar-refractivity contribution in [3.05, 3.63) is 99.9 Å². The van der Waals surface area contributed by atoms with Gasteiger partial charge in [-0.05, 0) is 60.6 Å². The van der Waals surface area contributed by atoms with Gasteiger partial charge in [-0.3, -0.25) is 19.5 Å². The Labute approximate surface area is 229 Å². The maximum absolute atomic E-state index is 13.6. The standard InChI is InChI=1S/C28H27FN6O3S/c1-2-32-15-17-33(18-16-32)27(36)22-5-3-20(4-6-22)19-39-28-31-30-26(21-7-11-25(12-8-21)35(37)38)34(28)24-13-9-23(29)10-14-24/h3-14H,2,15-19H2,1H3. The number of non-ortho nitro benzene ring substituents is 1. The van der Waals surface area contributed by atoms with Gasteiger partial charge in [-0.15, -0.1) is 10.2 Å². The first kappa shape index (κ1) is 26.5. The number of carbonyl (C=O) groups is 1. The van der Waals surface area contributed by atoms with Crippen molar-refractivity contribution in [1.82, 2.24) is 24.6 Å². The normalized spacial score (nSPS) is 13.9. The topological polar surface area (TPSA) is 97.4 Å². The van der Waals surface area contributed by atoms with Crippen LogP contribution in [0.3, 0.4) is 0 Å². The van der Waals surface area contributed by atoms with Crippen LogP contribution in [0.4, 0.5) is 10.1 Å². The van der Waals surface area contributed by atoms with Crippen LogP contribution in [-0.2, 0) is 5.75 Å². The molecular weight excluding hydrogens is 519 g/mol. The van der Waals surface area contributed by atoms with Crippen molar-refractivity contribution in [1.29, 1.82) is 0 Å². The predicted octanol–water partition coefficient (Wildman–Crippen LogP) is 5.05. The first-order chi connectivity index (χ1) is 18.9. The minimum Gasteiger partial charge on any atom is -0.336 e. The molecule has 0 spiro atoms. The fourth-order valence-corrected chi connectivity index (χ4v) is 5.35. The number of hydrogen-bond donors (Lipinski definition) is 0. The molecule has 1 saturated heterocycles. The third-order valence-electron chi connectivity index (χ3n) is 6.73. The van der Waals surface area contributed by atoms with Crippen LogP contribution in [0.2, 0.25) is 0 Å². The molecule has 9 nitrogen and oxygen atoms in total. The van der Waals surface area contributed by atoms with Gasteiger partial charge in [0.2, 0.25) is 0 Å². The molecule has 11 heteroatoms. The van der Waals surface area contributed by atoms with Gasteiger partial charge in [0.15, 0.2) is 11.0 Å². The van der Waals surface area contributed by atoms with Gasteiger partial charge < -0.3 is 9.80 Å². The van der Waals surface area contributed by atoms with E-state index in [1.54, 1.807) is 28.8 Å². The van der Waals surface area contributed by atoms with E-state index in [9.17, 15) is 19.3 Å². The van der Waals surface area contributed by atoms with Gasteiger partial charge in [0.1, 0.15) is 5.82 Å². The van der Waals surface area contributed by atoms with Crippen LogP contribution in [0.15, 0.2) is 78.0 Å². The number of amides is 1. The van der Waals surface area contributed by atoms with Crippen molar-refractivity contribution in [3.63, 3.8) is 0 Å². The van der Waals surface area contributed by atoms with E-state index in [0.29, 0.717) is 33.5 Å². The van der Waals surface area contributed by atoms with Crippen LogP contribution in [0.25, 0.3) is 17.1 Å². The molecule has 200 valence electrons. The van der Waals surface area contributed by atoms with E-state index in [1.165, 1.54) is 36.0 Å². The fraction of sp³-hybridized carbons (Fsp3) is 0.250. The Bertz CT molecular complexity index is 1450. The number of rotatable bonds is 8. The Balaban J connectivity index is 1.33. The molecule has 1 aliphatic heterocycles. The van der Waals surface area contributed by atoms with Crippen LogP contribution < -0.4 is 0 Å². The smallest absolute Gasteiger partial charge is 0.269 e. The summed E-state index contributed by atoms with van der Waals surface area (Å²) in [7, 11) is 0. The van der Waals surface area contributed by atoms with E-state index in [1.807, 2.05) is 29.2 Å². The van der Waals surface area contributed by atoms with Crippen molar-refractivity contribution < 1.29 is 14.1 Å². The van der Waals surface area contributed by atoms with Crippen molar-refractivity contribution in [2.24, 2.45) is 0 Å². The number of halogens is 1. The number of nitro benzene ring substituents is 1. The van der Waals surface area contributed by atoms with E-state index in [2.05, 4.69) is 22.0 Å². The summed E-state index contributed by atoms with van der Waals surface area (Å²) in [4.78, 5) is 27.8. The highest BCUT2D eigenvalue weighted by atomic mass is 32.2. The average molecular weight is 547 g/mol. The molecule has 1 amide bonds. The fourth-order valence-electron chi connectivity index (χ4n) is 4.45. The third kappa shape index (κ3) is 5.99. The second kappa shape index (κ2) is 11.7. The highest BCUT2D eigenvalue weighted by Gasteiger charge is 2.22. The summed E-state index contributed by atoms with van der Waals surface area (Å²) in [6.45, 7) is 6.40. The van der Waals surface area contributed by atoms with Gasteiger partial charge in [-0.25, -0.2) is 4.39 Å². The second-order valence-corrected chi connectivity index (χ2v) is 10.1. The van der Waals surface area contributed by atoms with Crippen molar-refractivity contribution >= 4 is 23.4 Å². The summed E-state index contributed by atoms with van der Waals surface area (Å²) in [5.74, 6) is 0.750. The molecular formula is C28H27FN6O3S. The lowest BCUT2D eigenvalue weighted by molar-refractivity contribution is -0.384. The summed E-state index contributed by atoms with van der Waals surface area (Å²) >= 11 is 1.45. The van der Waals surface area contributed by atoms with E-state index in [0.717, 1.165) is 38.3 Å². The molecule has 1 fully saturated rings. The molecule has 39 heavy (non-hydrogen) atoms. The molecule has 0 saturated carbocycles. The Morgan fingerprint density at radius 1 is 0.949 bits per heavy atom. The average Bonchev–Trinajstić information content (AvgIpc) is 3.40. The van der Waals surface area contributed by atoms with Gasteiger partial charge in [0.25, 0.3) is 11.6 Å². The van der Waals surface area contributed by atoms with Crippen LogP contribution in [0.5, 0.6) is 0 Å². The number of hydrogen-bond acceptors (Lipinski definition) is 7. The van der Waals surface area contributed by atoms with Crippen LogP contribution >= 0.6 is 11.8 Å². The minimum absolute atomic E-state index is 0.0219. The largest absolute Gasteiger partial charge is 0.336 e. The summed E-state index contributed by atoms with van der Waals surface area (Å²) < 4.78 is 15.4. The monoisotopic (exact) mass is 546 g/mol. The van der Waals surface area contributed by atoms with E-state index in [4.69, 9.17) is 0 Å². The summed E-state index contributed by atoms with van der Waals surface area (Å²) in [5, 5.41) is 20.4. The maximum atomic E-state index is 13.6. The highest BCUT2D eigenvalue weighted by molar-refractivity contribution is 7.98. The number of piperazine rings is 1. The number of benzene rings is 3. The number of thioether (sulfide) groups is 1. The molecule has 1 aliphatic rings. The molecule has 0 bridgehead atoms. The van der Waals surface area contributed by atoms with Crippen molar-refractivity contribution in [2.45, 2.75) is 17.8 Å². The van der Waals surface area contributed by atoms with Gasteiger partial charge in [0, 0.05) is 60.9 Å². The van der Waals surface area contributed by atoms with Gasteiger partial charge in [-0.2, -0.15) is 0 Å². The first-order valence-corrected chi connectivity index (χ1v) is 13.6. The zero-order valence-corrected chi connectivity index (χ0v) is 22.2. The molecule has 3 aromatic carbocycles. The van der Waals surface area contributed by atoms with Crippen molar-refractivity contribution in [2.75, 3.05) is 32.7 Å². The zero-order valence-electron chi connectivity index (χ0n) is 21.4. The van der Waals surface area contributed by atoms with E-state index in [-0.39, 0.29) is 17.4 Å². The second-order valence-electron chi connectivity index (χ2n) is 9.13. The Morgan fingerprint density at radius 3 is 2.23 bits per heavy atom. The number of likely N-dealkylation sites (N-methyl/N-ethyl adjacent to an activating group) is 1. The molecule has 0 radical (unpaired) electrons. The van der Waals surface area contributed by atoms with E-state index < -0.39 is 4.92 Å². The molecule has 2 heterocycles. The Morgan fingerprint density at radius 2 is 1.62 bits per heavy atom. The molecule has 0 atom stereocenters. The first-order valence-electron chi connectivity index (χ1n) is 12.6. The predicted molar refractivity (Wildman–Crippen MR) is 147 cm³/mol. The van der Waals surface area contributed by atoms with Crippen LogP contribution in [-0.4, -0.2) is 68.1 Å². The third-order valence-corrected chi connectivity index (χ3v) is 7.73. The molecule has 4 aromatic rings. The molecule has 0 N–H and O–H groups in total. The minimum atomic E-state index is -0.457. The van der Waals surface area contributed by atoms with Crippen LogP contribution in [0.1, 0.15) is 22.8 Å². The van der Waals surface area contributed by atoms with Gasteiger partial charge in [0.05, 0.1) is 4.92 Å². The summed E-state index contributed by atoms with van der Waals surface area (Å²) in [6.07, 6.45) is 0. The number of aromatic nitrogens is 3. The lowest BCUT2D eigenvalue weighted by atomic mass is 10.1. The number of nitro groups is 1. The number of nitrogens with zero attached hydrogens (tertiary/aromatic N) is 6. The zero-order chi connectivity index (χ0) is 27.4. The van der Waals surface area contributed by atoms with Gasteiger partial charge >= 0.3 is 0 Å². The lowest BCUT2D eigenvalue weighted by Gasteiger charge is -2.34.